The van der Waals surface area contributed by atoms with E-state index in [4.69, 9.17) is 14.2 Å². The zero-order chi connectivity index (χ0) is 17.5. The second-order valence-electron chi connectivity index (χ2n) is 6.64. The highest BCUT2D eigenvalue weighted by Crippen LogP contribution is 2.20. The summed E-state index contributed by atoms with van der Waals surface area (Å²) in [5.41, 5.74) is 2.26. The summed E-state index contributed by atoms with van der Waals surface area (Å²) in [4.78, 5) is 0. The van der Waals surface area contributed by atoms with Crippen LogP contribution in [0.25, 0.3) is 0 Å². The van der Waals surface area contributed by atoms with Crippen molar-refractivity contribution in [3.8, 4) is 11.5 Å². The monoisotopic (exact) mass is 341 g/mol. The standard InChI is InChI=1S/C21H27NO3/c1-16(2)25-20-6-3-5-18(13-20)22-14-17-8-10-19(11-9-17)24-15-21-7-4-12-23-21/h3,5-6,8-11,13,16,21-22H,4,7,12,14-15H2,1-2H3/t21-/m1/s1. The molecule has 1 fully saturated rings. The van der Waals surface area contributed by atoms with Crippen molar-refractivity contribution < 1.29 is 14.2 Å². The Morgan fingerprint density at radius 1 is 1.12 bits per heavy atom. The number of hydrogen-bond acceptors (Lipinski definition) is 4. The molecule has 4 heteroatoms. The van der Waals surface area contributed by atoms with Crippen LogP contribution < -0.4 is 14.8 Å². The van der Waals surface area contributed by atoms with Gasteiger partial charge in [-0.3, -0.25) is 0 Å². The zero-order valence-electron chi connectivity index (χ0n) is 15.0. The van der Waals surface area contributed by atoms with Crippen molar-refractivity contribution in [2.45, 2.75) is 45.4 Å². The number of rotatable bonds is 8. The SMILES string of the molecule is CC(C)Oc1cccc(NCc2ccc(OC[C@H]3CCCO3)cc2)c1. The van der Waals surface area contributed by atoms with Crippen LogP contribution in [0, 0.1) is 0 Å². The Bertz CT molecular complexity index is 648. The normalized spacial score (nSPS) is 16.8. The smallest absolute Gasteiger partial charge is 0.121 e. The Hall–Kier alpha value is -2.20. The van der Waals surface area contributed by atoms with Gasteiger partial charge in [0.05, 0.1) is 12.2 Å². The van der Waals surface area contributed by atoms with E-state index >= 15 is 0 Å². The minimum atomic E-state index is 0.178. The topological polar surface area (TPSA) is 39.7 Å². The Labute approximate surface area is 150 Å². The van der Waals surface area contributed by atoms with Crippen molar-refractivity contribution >= 4 is 5.69 Å². The van der Waals surface area contributed by atoms with E-state index in [1.807, 2.05) is 50.2 Å². The van der Waals surface area contributed by atoms with Gasteiger partial charge in [0, 0.05) is 24.9 Å². The summed E-state index contributed by atoms with van der Waals surface area (Å²) in [6.45, 7) is 6.32. The van der Waals surface area contributed by atoms with Gasteiger partial charge in [0.1, 0.15) is 18.1 Å². The Balaban J connectivity index is 1.48. The van der Waals surface area contributed by atoms with Crippen molar-refractivity contribution in [1.29, 1.82) is 0 Å². The van der Waals surface area contributed by atoms with Gasteiger partial charge in [-0.2, -0.15) is 0 Å². The molecule has 0 aromatic heterocycles. The van der Waals surface area contributed by atoms with Gasteiger partial charge in [-0.25, -0.2) is 0 Å². The first-order chi connectivity index (χ1) is 12.2. The zero-order valence-corrected chi connectivity index (χ0v) is 15.0. The molecule has 2 aromatic carbocycles. The van der Waals surface area contributed by atoms with Crippen LogP contribution in [0.5, 0.6) is 11.5 Å². The van der Waals surface area contributed by atoms with Gasteiger partial charge in [-0.15, -0.1) is 0 Å². The van der Waals surface area contributed by atoms with Crippen molar-refractivity contribution in [3.05, 3.63) is 54.1 Å². The van der Waals surface area contributed by atoms with E-state index in [0.29, 0.717) is 6.61 Å². The molecule has 0 radical (unpaired) electrons. The first kappa shape index (κ1) is 17.6. The van der Waals surface area contributed by atoms with Gasteiger partial charge in [0.15, 0.2) is 0 Å². The number of nitrogens with one attached hydrogen (secondary N) is 1. The minimum absolute atomic E-state index is 0.178. The lowest BCUT2D eigenvalue weighted by atomic mass is 10.2. The predicted octanol–water partition coefficient (Wildman–Crippen LogP) is 4.64. The molecule has 1 saturated heterocycles. The molecule has 25 heavy (non-hydrogen) atoms. The van der Waals surface area contributed by atoms with Gasteiger partial charge in [-0.1, -0.05) is 18.2 Å². The molecule has 1 aliphatic heterocycles. The largest absolute Gasteiger partial charge is 0.491 e. The summed E-state index contributed by atoms with van der Waals surface area (Å²) >= 11 is 0. The third kappa shape index (κ3) is 5.68. The minimum Gasteiger partial charge on any atom is -0.491 e. The van der Waals surface area contributed by atoms with E-state index in [0.717, 1.165) is 43.2 Å². The molecule has 1 N–H and O–H groups in total. The van der Waals surface area contributed by atoms with Crippen molar-refractivity contribution in [2.24, 2.45) is 0 Å². The van der Waals surface area contributed by atoms with Crippen LogP contribution in [-0.2, 0) is 11.3 Å². The van der Waals surface area contributed by atoms with Crippen LogP contribution in [-0.4, -0.2) is 25.4 Å². The molecule has 4 nitrogen and oxygen atoms in total. The van der Waals surface area contributed by atoms with E-state index in [-0.39, 0.29) is 12.2 Å². The number of ether oxygens (including phenoxy) is 3. The first-order valence-electron chi connectivity index (χ1n) is 9.03. The average Bonchev–Trinajstić information content (AvgIpc) is 3.12. The third-order valence-electron chi connectivity index (χ3n) is 4.09. The first-order valence-corrected chi connectivity index (χ1v) is 9.03. The molecule has 2 aromatic rings. The Morgan fingerprint density at radius 2 is 1.96 bits per heavy atom. The van der Waals surface area contributed by atoms with Crippen molar-refractivity contribution in [2.75, 3.05) is 18.5 Å². The van der Waals surface area contributed by atoms with Gasteiger partial charge in [0.2, 0.25) is 0 Å². The van der Waals surface area contributed by atoms with Crippen LogP contribution in [0.1, 0.15) is 32.3 Å². The Morgan fingerprint density at radius 3 is 2.68 bits per heavy atom. The highest BCUT2D eigenvalue weighted by atomic mass is 16.5. The molecular formula is C21H27NO3. The molecular weight excluding hydrogens is 314 g/mol. The fraction of sp³-hybridized carbons (Fsp3) is 0.429. The second-order valence-corrected chi connectivity index (χ2v) is 6.64. The predicted molar refractivity (Wildman–Crippen MR) is 100 cm³/mol. The fourth-order valence-electron chi connectivity index (χ4n) is 2.82. The molecule has 3 rings (SSSR count). The van der Waals surface area contributed by atoms with Crippen molar-refractivity contribution in [3.63, 3.8) is 0 Å². The van der Waals surface area contributed by atoms with Gasteiger partial charge >= 0.3 is 0 Å². The quantitative estimate of drug-likeness (QED) is 0.759. The van der Waals surface area contributed by atoms with Crippen LogP contribution in [0.15, 0.2) is 48.5 Å². The summed E-state index contributed by atoms with van der Waals surface area (Å²) < 4.78 is 17.1. The van der Waals surface area contributed by atoms with Crippen LogP contribution >= 0.6 is 0 Å². The maximum absolute atomic E-state index is 5.80. The van der Waals surface area contributed by atoms with E-state index in [1.165, 1.54) is 5.56 Å². The lowest BCUT2D eigenvalue weighted by molar-refractivity contribution is 0.0679. The molecule has 1 heterocycles. The van der Waals surface area contributed by atoms with Crippen molar-refractivity contribution in [1.82, 2.24) is 0 Å². The summed E-state index contributed by atoms with van der Waals surface area (Å²) in [7, 11) is 0. The molecule has 0 spiro atoms. The molecule has 1 aliphatic rings. The van der Waals surface area contributed by atoms with E-state index < -0.39 is 0 Å². The number of anilines is 1. The molecule has 0 unspecified atom stereocenters. The summed E-state index contributed by atoms with van der Waals surface area (Å²) in [6, 6.07) is 16.3. The molecule has 0 amide bonds. The molecule has 0 bridgehead atoms. The maximum atomic E-state index is 5.80. The lowest BCUT2D eigenvalue weighted by Gasteiger charge is -2.13. The number of hydrogen-bond donors (Lipinski definition) is 1. The molecule has 0 saturated carbocycles. The van der Waals surface area contributed by atoms with Gasteiger partial charge < -0.3 is 19.5 Å². The maximum Gasteiger partial charge on any atom is 0.121 e. The summed E-state index contributed by atoms with van der Waals surface area (Å²) in [5, 5.41) is 3.43. The van der Waals surface area contributed by atoms with E-state index in [1.54, 1.807) is 0 Å². The van der Waals surface area contributed by atoms with Crippen LogP contribution in [0.3, 0.4) is 0 Å². The van der Waals surface area contributed by atoms with Crippen LogP contribution in [0.4, 0.5) is 5.69 Å². The number of benzene rings is 2. The molecule has 1 atom stereocenters. The highest BCUT2D eigenvalue weighted by molar-refractivity contribution is 5.48. The molecule has 134 valence electrons. The average molecular weight is 341 g/mol. The third-order valence-corrected chi connectivity index (χ3v) is 4.09. The van der Waals surface area contributed by atoms with Crippen LogP contribution in [0.2, 0.25) is 0 Å². The summed E-state index contributed by atoms with van der Waals surface area (Å²) in [6.07, 6.45) is 2.67. The fourth-order valence-corrected chi connectivity index (χ4v) is 2.82. The second kappa shape index (κ2) is 8.77. The lowest BCUT2D eigenvalue weighted by Crippen LogP contribution is -2.16. The highest BCUT2D eigenvalue weighted by Gasteiger charge is 2.15. The van der Waals surface area contributed by atoms with E-state index in [2.05, 4.69) is 17.4 Å². The van der Waals surface area contributed by atoms with E-state index in [9.17, 15) is 0 Å². The summed E-state index contributed by atoms with van der Waals surface area (Å²) in [5.74, 6) is 1.78. The van der Waals surface area contributed by atoms with Gasteiger partial charge in [-0.05, 0) is 56.5 Å². The Kier molecular flexibility index (Phi) is 6.18. The molecule has 0 aliphatic carbocycles. The van der Waals surface area contributed by atoms with Gasteiger partial charge in [0.25, 0.3) is 0 Å².